The van der Waals surface area contributed by atoms with E-state index in [9.17, 15) is 0 Å². The zero-order chi connectivity index (χ0) is 22.1. The normalized spacial score (nSPS) is 16.1. The number of rotatable bonds is 9. The van der Waals surface area contributed by atoms with Crippen molar-refractivity contribution in [3.05, 3.63) is 53.1 Å². The van der Waals surface area contributed by atoms with Crippen LogP contribution in [0.1, 0.15) is 23.1 Å². The van der Waals surface area contributed by atoms with Gasteiger partial charge in [0.1, 0.15) is 23.4 Å². The van der Waals surface area contributed by atoms with Gasteiger partial charge in [-0.1, -0.05) is 12.1 Å². The second-order valence-corrected chi connectivity index (χ2v) is 7.49. The van der Waals surface area contributed by atoms with Gasteiger partial charge in [0.05, 0.1) is 27.4 Å². The third kappa shape index (κ3) is 6.52. The van der Waals surface area contributed by atoms with Gasteiger partial charge in [0.25, 0.3) is 0 Å². The minimum atomic E-state index is 0.121. The molecule has 2 aromatic rings. The summed E-state index contributed by atoms with van der Waals surface area (Å²) in [5, 5.41) is 6.74. The first kappa shape index (κ1) is 22.7. The van der Waals surface area contributed by atoms with Crippen LogP contribution in [0.2, 0.25) is 0 Å². The standard InChI is InChI=1S/C24H33N3O4/c1-17-5-6-19(23(13-17)31-21-10-12-30-16-21)15-27-24(25-2)26-11-9-18-14-20(28-3)7-8-22(18)29-4/h5-8,13-14,21H,9-12,15-16H2,1-4H3,(H2,25,26,27). The molecule has 7 heteroatoms. The van der Waals surface area contributed by atoms with E-state index in [1.807, 2.05) is 18.2 Å². The molecule has 1 aliphatic rings. The van der Waals surface area contributed by atoms with Gasteiger partial charge in [-0.05, 0) is 48.7 Å². The molecular formula is C24H33N3O4. The first-order chi connectivity index (χ1) is 15.1. The fourth-order valence-electron chi connectivity index (χ4n) is 3.50. The molecule has 0 bridgehead atoms. The highest BCUT2D eigenvalue weighted by Crippen LogP contribution is 2.25. The van der Waals surface area contributed by atoms with Crippen LogP contribution >= 0.6 is 0 Å². The van der Waals surface area contributed by atoms with Crippen LogP contribution < -0.4 is 24.8 Å². The summed E-state index contributed by atoms with van der Waals surface area (Å²) in [6.07, 6.45) is 1.83. The van der Waals surface area contributed by atoms with Crippen molar-refractivity contribution in [2.24, 2.45) is 4.99 Å². The SMILES string of the molecule is CN=C(NCCc1cc(OC)ccc1OC)NCc1ccc(C)cc1OC1CCOC1. The molecule has 0 aliphatic carbocycles. The predicted molar refractivity (Wildman–Crippen MR) is 122 cm³/mol. The second-order valence-electron chi connectivity index (χ2n) is 7.49. The number of nitrogens with one attached hydrogen (secondary N) is 2. The van der Waals surface area contributed by atoms with E-state index < -0.39 is 0 Å². The minimum Gasteiger partial charge on any atom is -0.497 e. The number of hydrogen-bond donors (Lipinski definition) is 2. The molecule has 1 aliphatic heterocycles. The van der Waals surface area contributed by atoms with E-state index in [4.69, 9.17) is 18.9 Å². The van der Waals surface area contributed by atoms with E-state index in [1.165, 1.54) is 5.56 Å². The minimum absolute atomic E-state index is 0.121. The van der Waals surface area contributed by atoms with Crippen LogP contribution in [0, 0.1) is 6.92 Å². The number of guanidine groups is 1. The lowest BCUT2D eigenvalue weighted by molar-refractivity contribution is 0.140. The summed E-state index contributed by atoms with van der Waals surface area (Å²) in [5.41, 5.74) is 3.35. The Bertz CT molecular complexity index is 879. The monoisotopic (exact) mass is 427 g/mol. The first-order valence-corrected chi connectivity index (χ1v) is 10.6. The van der Waals surface area contributed by atoms with Crippen molar-refractivity contribution in [1.29, 1.82) is 0 Å². The Morgan fingerprint density at radius 3 is 2.65 bits per heavy atom. The third-order valence-electron chi connectivity index (χ3n) is 5.25. The van der Waals surface area contributed by atoms with Gasteiger partial charge >= 0.3 is 0 Å². The maximum absolute atomic E-state index is 6.19. The van der Waals surface area contributed by atoms with Gasteiger partial charge in [-0.25, -0.2) is 0 Å². The molecule has 1 unspecified atom stereocenters. The summed E-state index contributed by atoms with van der Waals surface area (Å²) >= 11 is 0. The fraction of sp³-hybridized carbons (Fsp3) is 0.458. The number of hydrogen-bond acceptors (Lipinski definition) is 5. The molecule has 0 amide bonds. The number of methoxy groups -OCH3 is 2. The molecule has 1 heterocycles. The van der Waals surface area contributed by atoms with Crippen molar-refractivity contribution in [3.8, 4) is 17.2 Å². The van der Waals surface area contributed by atoms with Gasteiger partial charge in [0, 0.05) is 32.1 Å². The van der Waals surface area contributed by atoms with E-state index in [0.717, 1.165) is 53.8 Å². The highest BCUT2D eigenvalue weighted by molar-refractivity contribution is 5.79. The van der Waals surface area contributed by atoms with E-state index in [0.29, 0.717) is 19.7 Å². The second kappa shape index (κ2) is 11.5. The molecule has 1 fully saturated rings. The van der Waals surface area contributed by atoms with Gasteiger partial charge in [0.2, 0.25) is 0 Å². The predicted octanol–water partition coefficient (Wildman–Crippen LogP) is 3.09. The van der Waals surface area contributed by atoms with Gasteiger partial charge in [-0.3, -0.25) is 4.99 Å². The molecule has 31 heavy (non-hydrogen) atoms. The number of aliphatic imine (C=N–C) groups is 1. The molecule has 2 N–H and O–H groups in total. The van der Waals surface area contributed by atoms with Crippen LogP contribution in [0.4, 0.5) is 0 Å². The molecule has 2 aromatic carbocycles. The maximum atomic E-state index is 6.19. The summed E-state index contributed by atoms with van der Waals surface area (Å²) in [6.45, 7) is 4.81. The molecule has 1 saturated heterocycles. The molecule has 3 rings (SSSR count). The quantitative estimate of drug-likeness (QED) is 0.473. The lowest BCUT2D eigenvalue weighted by Crippen LogP contribution is -2.38. The third-order valence-corrected chi connectivity index (χ3v) is 5.25. The summed E-state index contributed by atoms with van der Waals surface area (Å²) < 4.78 is 22.4. The Kier molecular flexibility index (Phi) is 8.41. The Morgan fingerprint density at radius 2 is 1.94 bits per heavy atom. The smallest absolute Gasteiger partial charge is 0.191 e. The van der Waals surface area contributed by atoms with Gasteiger partial charge in [-0.15, -0.1) is 0 Å². The van der Waals surface area contributed by atoms with Crippen LogP contribution in [0.3, 0.4) is 0 Å². The van der Waals surface area contributed by atoms with E-state index in [-0.39, 0.29) is 6.10 Å². The van der Waals surface area contributed by atoms with E-state index in [2.05, 4.69) is 40.7 Å². The van der Waals surface area contributed by atoms with Crippen LogP contribution in [0.25, 0.3) is 0 Å². The molecule has 0 saturated carbocycles. The van der Waals surface area contributed by atoms with Crippen molar-refractivity contribution in [2.75, 3.05) is 41.0 Å². The molecule has 168 valence electrons. The average molecular weight is 428 g/mol. The maximum Gasteiger partial charge on any atom is 0.191 e. The lowest BCUT2D eigenvalue weighted by atomic mass is 10.1. The Balaban J connectivity index is 1.55. The fourth-order valence-corrected chi connectivity index (χ4v) is 3.50. The van der Waals surface area contributed by atoms with Crippen molar-refractivity contribution >= 4 is 5.96 Å². The van der Waals surface area contributed by atoms with Crippen molar-refractivity contribution in [2.45, 2.75) is 32.4 Å². The van der Waals surface area contributed by atoms with Crippen molar-refractivity contribution < 1.29 is 18.9 Å². The van der Waals surface area contributed by atoms with Gasteiger partial charge in [0.15, 0.2) is 5.96 Å². The largest absolute Gasteiger partial charge is 0.497 e. The zero-order valence-electron chi connectivity index (χ0n) is 18.9. The lowest BCUT2D eigenvalue weighted by Gasteiger charge is -2.18. The summed E-state index contributed by atoms with van der Waals surface area (Å²) in [5.74, 6) is 3.30. The van der Waals surface area contributed by atoms with Crippen LogP contribution in [0.15, 0.2) is 41.4 Å². The molecule has 0 aromatic heterocycles. The molecule has 0 spiro atoms. The highest BCUT2D eigenvalue weighted by Gasteiger charge is 2.18. The Hall–Kier alpha value is -2.93. The molecule has 0 radical (unpaired) electrons. The van der Waals surface area contributed by atoms with Gasteiger partial charge in [-0.2, -0.15) is 0 Å². The number of ether oxygens (including phenoxy) is 4. The van der Waals surface area contributed by atoms with Crippen molar-refractivity contribution in [1.82, 2.24) is 10.6 Å². The average Bonchev–Trinajstić information content (AvgIpc) is 3.30. The summed E-state index contributed by atoms with van der Waals surface area (Å²) in [4.78, 5) is 4.34. The van der Waals surface area contributed by atoms with E-state index in [1.54, 1.807) is 21.3 Å². The van der Waals surface area contributed by atoms with Gasteiger partial charge < -0.3 is 29.6 Å². The van der Waals surface area contributed by atoms with E-state index >= 15 is 0 Å². The molecular weight excluding hydrogens is 394 g/mol. The number of nitrogens with zero attached hydrogens (tertiary/aromatic N) is 1. The van der Waals surface area contributed by atoms with Crippen LogP contribution in [-0.4, -0.2) is 53.1 Å². The summed E-state index contributed by atoms with van der Waals surface area (Å²) in [7, 11) is 5.11. The van der Waals surface area contributed by atoms with Crippen LogP contribution in [0.5, 0.6) is 17.2 Å². The van der Waals surface area contributed by atoms with Crippen molar-refractivity contribution in [3.63, 3.8) is 0 Å². The van der Waals surface area contributed by atoms with Crippen LogP contribution in [-0.2, 0) is 17.7 Å². The number of aryl methyl sites for hydroxylation is 1. The molecule has 1 atom stereocenters. The Labute approximate surface area is 184 Å². The summed E-state index contributed by atoms with van der Waals surface area (Å²) in [6, 6.07) is 12.1. The zero-order valence-corrected chi connectivity index (χ0v) is 18.9. The molecule has 7 nitrogen and oxygen atoms in total. The Morgan fingerprint density at radius 1 is 1.06 bits per heavy atom. The highest BCUT2D eigenvalue weighted by atomic mass is 16.5. The first-order valence-electron chi connectivity index (χ1n) is 10.6. The topological polar surface area (TPSA) is 73.3 Å². The number of benzene rings is 2.